The molecule has 2 unspecified atom stereocenters. The molecule has 1 amide bonds. The van der Waals surface area contributed by atoms with E-state index in [2.05, 4.69) is 10.2 Å². The first kappa shape index (κ1) is 14.4. The molecular weight excluding hydrogens is 262 g/mol. The number of aliphatic carboxylic acids is 1. The summed E-state index contributed by atoms with van der Waals surface area (Å²) in [5.41, 5.74) is 0.407. The lowest BCUT2D eigenvalue weighted by Crippen LogP contribution is -2.47. The SMILES string of the molecule is CCCN(C(=O)c1ccnnc1)C1COCC1C(=O)O. The summed E-state index contributed by atoms with van der Waals surface area (Å²) in [4.78, 5) is 25.3. The van der Waals surface area contributed by atoms with Crippen LogP contribution in [0.5, 0.6) is 0 Å². The fourth-order valence-corrected chi connectivity index (χ4v) is 2.33. The van der Waals surface area contributed by atoms with Crippen molar-refractivity contribution in [1.29, 1.82) is 0 Å². The van der Waals surface area contributed by atoms with Gasteiger partial charge in [0.1, 0.15) is 5.92 Å². The number of carbonyl (C=O) groups excluding carboxylic acids is 1. The van der Waals surface area contributed by atoms with E-state index in [-0.39, 0.29) is 19.1 Å². The summed E-state index contributed by atoms with van der Waals surface area (Å²) < 4.78 is 5.24. The van der Waals surface area contributed by atoms with Gasteiger partial charge < -0.3 is 14.7 Å². The number of aromatic nitrogens is 2. The Kier molecular flexibility index (Phi) is 4.62. The van der Waals surface area contributed by atoms with E-state index in [1.807, 2.05) is 6.92 Å². The topological polar surface area (TPSA) is 92.6 Å². The predicted octanol–water partition coefficient (Wildman–Crippen LogP) is 0.428. The molecule has 2 rings (SSSR count). The van der Waals surface area contributed by atoms with Gasteiger partial charge in [0, 0.05) is 6.54 Å². The first-order chi connectivity index (χ1) is 9.65. The lowest BCUT2D eigenvalue weighted by Gasteiger charge is -2.30. The summed E-state index contributed by atoms with van der Waals surface area (Å²) in [6, 6.07) is 1.14. The number of carboxylic acids is 1. The fourth-order valence-electron chi connectivity index (χ4n) is 2.33. The molecule has 0 aliphatic carbocycles. The number of carboxylic acid groups (broad SMARTS) is 1. The second kappa shape index (κ2) is 6.42. The van der Waals surface area contributed by atoms with Crippen LogP contribution in [0.25, 0.3) is 0 Å². The third-order valence-electron chi connectivity index (χ3n) is 3.32. The average molecular weight is 279 g/mol. The van der Waals surface area contributed by atoms with Crippen LogP contribution in [-0.2, 0) is 9.53 Å². The van der Waals surface area contributed by atoms with E-state index in [1.54, 1.807) is 11.0 Å². The standard InChI is InChI=1S/C13H17N3O4/c1-2-5-16(11-8-20-7-10(11)13(18)19)12(17)9-3-4-14-15-6-9/h3-4,6,10-11H,2,5,7-8H2,1H3,(H,18,19). The van der Waals surface area contributed by atoms with Crippen molar-refractivity contribution in [2.45, 2.75) is 19.4 Å². The molecule has 1 saturated heterocycles. The van der Waals surface area contributed by atoms with Crippen LogP contribution in [0.15, 0.2) is 18.5 Å². The summed E-state index contributed by atoms with van der Waals surface area (Å²) in [5.74, 6) is -1.85. The molecule has 0 aromatic carbocycles. The van der Waals surface area contributed by atoms with Gasteiger partial charge in [-0.1, -0.05) is 6.92 Å². The van der Waals surface area contributed by atoms with Crippen LogP contribution >= 0.6 is 0 Å². The minimum atomic E-state index is -0.936. The molecule has 1 aromatic heterocycles. The van der Waals surface area contributed by atoms with Gasteiger partial charge in [-0.15, -0.1) is 0 Å². The number of hydrogen-bond acceptors (Lipinski definition) is 5. The molecule has 20 heavy (non-hydrogen) atoms. The van der Waals surface area contributed by atoms with Crippen LogP contribution in [-0.4, -0.2) is 57.9 Å². The molecule has 0 saturated carbocycles. The molecule has 1 fully saturated rings. The molecule has 7 nitrogen and oxygen atoms in total. The van der Waals surface area contributed by atoms with Crippen LogP contribution in [0.3, 0.4) is 0 Å². The van der Waals surface area contributed by atoms with E-state index < -0.39 is 17.9 Å². The molecule has 0 spiro atoms. The zero-order valence-electron chi connectivity index (χ0n) is 11.2. The second-order valence-electron chi connectivity index (χ2n) is 4.68. The molecule has 1 aliphatic heterocycles. The number of carbonyl (C=O) groups is 2. The van der Waals surface area contributed by atoms with Gasteiger partial charge in [-0.3, -0.25) is 9.59 Å². The molecule has 108 valence electrons. The van der Waals surface area contributed by atoms with Gasteiger partial charge >= 0.3 is 5.97 Å². The second-order valence-corrected chi connectivity index (χ2v) is 4.68. The third-order valence-corrected chi connectivity index (χ3v) is 3.32. The lowest BCUT2D eigenvalue weighted by atomic mass is 10.0. The molecule has 2 atom stereocenters. The predicted molar refractivity (Wildman–Crippen MR) is 69.1 cm³/mol. The van der Waals surface area contributed by atoms with Crippen LogP contribution in [0, 0.1) is 5.92 Å². The molecule has 1 aliphatic rings. The van der Waals surface area contributed by atoms with Crippen molar-refractivity contribution in [3.63, 3.8) is 0 Å². The van der Waals surface area contributed by atoms with Gasteiger partial charge in [0.05, 0.1) is 37.2 Å². The first-order valence-corrected chi connectivity index (χ1v) is 6.53. The average Bonchev–Trinajstić information content (AvgIpc) is 2.94. The molecule has 1 aromatic rings. The van der Waals surface area contributed by atoms with Gasteiger partial charge in [-0.05, 0) is 12.5 Å². The van der Waals surface area contributed by atoms with Crippen molar-refractivity contribution in [3.8, 4) is 0 Å². The fraction of sp³-hybridized carbons (Fsp3) is 0.538. The highest BCUT2D eigenvalue weighted by molar-refractivity contribution is 5.94. The largest absolute Gasteiger partial charge is 0.481 e. The third kappa shape index (κ3) is 2.93. The summed E-state index contributed by atoms with van der Waals surface area (Å²) >= 11 is 0. The van der Waals surface area contributed by atoms with Crippen LogP contribution in [0.4, 0.5) is 0 Å². The number of amides is 1. The van der Waals surface area contributed by atoms with Crippen molar-refractivity contribution in [2.24, 2.45) is 5.92 Å². The van der Waals surface area contributed by atoms with Gasteiger partial charge in [0.25, 0.3) is 5.91 Å². The quantitative estimate of drug-likeness (QED) is 0.840. The summed E-state index contributed by atoms with van der Waals surface area (Å²) in [5, 5.41) is 16.5. The molecular formula is C13H17N3O4. The minimum absolute atomic E-state index is 0.141. The lowest BCUT2D eigenvalue weighted by molar-refractivity contribution is -0.142. The monoisotopic (exact) mass is 279 g/mol. The summed E-state index contributed by atoms with van der Waals surface area (Å²) in [6.07, 6.45) is 3.57. The van der Waals surface area contributed by atoms with E-state index in [0.717, 1.165) is 6.42 Å². The molecule has 7 heteroatoms. The van der Waals surface area contributed by atoms with Crippen molar-refractivity contribution < 1.29 is 19.4 Å². The van der Waals surface area contributed by atoms with E-state index in [1.165, 1.54) is 12.4 Å². The number of nitrogens with zero attached hydrogens (tertiary/aromatic N) is 3. The van der Waals surface area contributed by atoms with Crippen molar-refractivity contribution >= 4 is 11.9 Å². The Morgan fingerprint density at radius 2 is 2.25 bits per heavy atom. The number of rotatable bonds is 5. The highest BCUT2D eigenvalue weighted by atomic mass is 16.5. The van der Waals surface area contributed by atoms with Crippen LogP contribution < -0.4 is 0 Å². The molecule has 1 N–H and O–H groups in total. The van der Waals surface area contributed by atoms with Crippen LogP contribution in [0.1, 0.15) is 23.7 Å². The van der Waals surface area contributed by atoms with E-state index in [9.17, 15) is 14.7 Å². The maximum atomic E-state index is 12.5. The van der Waals surface area contributed by atoms with Crippen LogP contribution in [0.2, 0.25) is 0 Å². The van der Waals surface area contributed by atoms with E-state index in [0.29, 0.717) is 12.1 Å². The Morgan fingerprint density at radius 3 is 2.85 bits per heavy atom. The minimum Gasteiger partial charge on any atom is -0.481 e. The number of hydrogen-bond donors (Lipinski definition) is 1. The summed E-state index contributed by atoms with van der Waals surface area (Å²) in [7, 11) is 0. The number of ether oxygens (including phenoxy) is 1. The maximum Gasteiger partial charge on any atom is 0.311 e. The summed E-state index contributed by atoms with van der Waals surface area (Å²) in [6.45, 7) is 2.82. The van der Waals surface area contributed by atoms with Crippen molar-refractivity contribution in [2.75, 3.05) is 19.8 Å². The molecule has 2 heterocycles. The van der Waals surface area contributed by atoms with E-state index >= 15 is 0 Å². The Balaban J connectivity index is 2.22. The van der Waals surface area contributed by atoms with Gasteiger partial charge in [-0.25, -0.2) is 0 Å². The van der Waals surface area contributed by atoms with Gasteiger partial charge in [0.2, 0.25) is 0 Å². The zero-order chi connectivity index (χ0) is 14.5. The van der Waals surface area contributed by atoms with E-state index in [4.69, 9.17) is 4.74 Å². The molecule has 0 radical (unpaired) electrons. The highest BCUT2D eigenvalue weighted by Crippen LogP contribution is 2.22. The first-order valence-electron chi connectivity index (χ1n) is 6.53. The molecule has 0 bridgehead atoms. The highest BCUT2D eigenvalue weighted by Gasteiger charge is 2.39. The smallest absolute Gasteiger partial charge is 0.311 e. The normalized spacial score (nSPS) is 21.6. The maximum absolute atomic E-state index is 12.5. The Morgan fingerprint density at radius 1 is 1.45 bits per heavy atom. The van der Waals surface area contributed by atoms with Crippen molar-refractivity contribution in [3.05, 3.63) is 24.0 Å². The zero-order valence-corrected chi connectivity index (χ0v) is 11.2. The Hall–Kier alpha value is -2.02. The van der Waals surface area contributed by atoms with Gasteiger partial charge in [0.15, 0.2) is 0 Å². The van der Waals surface area contributed by atoms with Gasteiger partial charge in [-0.2, -0.15) is 10.2 Å². The van der Waals surface area contributed by atoms with Crippen molar-refractivity contribution in [1.82, 2.24) is 15.1 Å². The Bertz CT molecular complexity index is 480. The Labute approximate surface area is 116 Å².